The fourth-order valence-electron chi connectivity index (χ4n) is 2.08. The lowest BCUT2D eigenvalue weighted by Crippen LogP contribution is -2.29. The lowest BCUT2D eigenvalue weighted by Gasteiger charge is -2.11. The fraction of sp³-hybridized carbons (Fsp3) is 0.200. The molecule has 0 bridgehead atoms. The Morgan fingerprint density at radius 2 is 1.81 bits per heavy atom. The van der Waals surface area contributed by atoms with Crippen LogP contribution in [-0.2, 0) is 13.2 Å². The van der Waals surface area contributed by atoms with E-state index < -0.39 is 7.12 Å². The molecule has 6 heteroatoms. The lowest BCUT2D eigenvalue weighted by molar-refractivity contribution is 0.280. The minimum Gasteiger partial charge on any atom is -0.487 e. The molecule has 0 atom stereocenters. The highest BCUT2D eigenvalue weighted by molar-refractivity contribution is 6.59. The number of aryl methyl sites for hydroxylation is 1. The summed E-state index contributed by atoms with van der Waals surface area (Å²) in [6, 6.07) is 10.3. The van der Waals surface area contributed by atoms with Crippen LogP contribution in [0.1, 0.15) is 16.7 Å². The number of hydrogen-bond donors (Lipinski definition) is 3. The summed E-state index contributed by atoms with van der Waals surface area (Å²) in [5, 5.41) is 27.6. The van der Waals surface area contributed by atoms with Crippen LogP contribution < -0.4 is 10.2 Å². The van der Waals surface area contributed by atoms with Crippen molar-refractivity contribution in [3.05, 3.63) is 58.1 Å². The molecule has 0 aliphatic carbocycles. The number of benzene rings is 2. The average Bonchev–Trinajstić information content (AvgIpc) is 2.45. The van der Waals surface area contributed by atoms with E-state index in [1.807, 2.05) is 25.1 Å². The first-order valence-corrected chi connectivity index (χ1v) is 6.86. The van der Waals surface area contributed by atoms with Gasteiger partial charge in [-0.2, -0.15) is 0 Å². The van der Waals surface area contributed by atoms with E-state index in [0.29, 0.717) is 22.8 Å². The van der Waals surface area contributed by atoms with Gasteiger partial charge in [-0.05, 0) is 35.6 Å². The highest BCUT2D eigenvalue weighted by Gasteiger charge is 2.13. The number of rotatable bonds is 5. The van der Waals surface area contributed by atoms with Crippen molar-refractivity contribution in [2.45, 2.75) is 20.1 Å². The molecule has 0 fully saturated rings. The van der Waals surface area contributed by atoms with Gasteiger partial charge >= 0.3 is 7.12 Å². The molecule has 110 valence electrons. The first-order valence-electron chi connectivity index (χ1n) is 6.48. The highest BCUT2D eigenvalue weighted by atomic mass is 35.5. The molecule has 21 heavy (non-hydrogen) atoms. The zero-order chi connectivity index (χ0) is 15.4. The van der Waals surface area contributed by atoms with E-state index in [0.717, 1.165) is 16.7 Å². The molecule has 0 unspecified atom stereocenters. The van der Waals surface area contributed by atoms with Crippen molar-refractivity contribution in [3.63, 3.8) is 0 Å². The van der Waals surface area contributed by atoms with E-state index >= 15 is 0 Å². The Hall–Kier alpha value is -1.53. The van der Waals surface area contributed by atoms with E-state index in [1.54, 1.807) is 12.1 Å². The summed E-state index contributed by atoms with van der Waals surface area (Å²) in [5.74, 6) is 0.466. The Bertz CT molecular complexity index is 631. The molecule has 0 spiro atoms. The average molecular weight is 307 g/mol. The molecular formula is C15H16BClO4. The van der Waals surface area contributed by atoms with Crippen molar-refractivity contribution in [1.82, 2.24) is 0 Å². The topological polar surface area (TPSA) is 69.9 Å². The van der Waals surface area contributed by atoms with Crippen LogP contribution in [0.25, 0.3) is 0 Å². The zero-order valence-electron chi connectivity index (χ0n) is 11.6. The third-order valence-corrected chi connectivity index (χ3v) is 3.32. The third-order valence-electron chi connectivity index (χ3n) is 3.03. The Morgan fingerprint density at radius 3 is 2.43 bits per heavy atom. The summed E-state index contributed by atoms with van der Waals surface area (Å²) in [7, 11) is -1.56. The largest absolute Gasteiger partial charge is 0.488 e. The van der Waals surface area contributed by atoms with Gasteiger partial charge in [0.05, 0.1) is 11.6 Å². The maximum absolute atomic E-state index is 9.19. The highest BCUT2D eigenvalue weighted by Crippen LogP contribution is 2.24. The second-order valence-corrected chi connectivity index (χ2v) is 5.24. The quantitative estimate of drug-likeness (QED) is 0.730. The molecule has 4 nitrogen and oxygen atoms in total. The molecule has 0 aliphatic rings. The van der Waals surface area contributed by atoms with Crippen LogP contribution in [0, 0.1) is 6.92 Å². The standard InChI is InChI=1S/C15H16BClO4/c1-10-4-11(8-18)6-12(5-10)9-21-15-3-2-13(16(19)20)7-14(15)17/h2-7,18-20H,8-9H2,1H3. The van der Waals surface area contributed by atoms with Gasteiger partial charge in [-0.15, -0.1) is 0 Å². The monoisotopic (exact) mass is 306 g/mol. The minimum absolute atomic E-state index is 0.0154. The minimum atomic E-state index is -1.56. The number of halogens is 1. The second kappa shape index (κ2) is 6.96. The van der Waals surface area contributed by atoms with Gasteiger partial charge in [0.1, 0.15) is 12.4 Å². The molecule has 0 amide bonds. The Morgan fingerprint density at radius 1 is 1.10 bits per heavy atom. The van der Waals surface area contributed by atoms with E-state index in [1.165, 1.54) is 6.07 Å². The molecule has 0 heterocycles. The number of hydrogen-bond acceptors (Lipinski definition) is 4. The van der Waals surface area contributed by atoms with Gasteiger partial charge in [-0.3, -0.25) is 0 Å². The molecular weight excluding hydrogens is 290 g/mol. The van der Waals surface area contributed by atoms with Crippen LogP contribution in [0.4, 0.5) is 0 Å². The maximum atomic E-state index is 9.19. The van der Waals surface area contributed by atoms with Crippen LogP contribution in [0.3, 0.4) is 0 Å². The van der Waals surface area contributed by atoms with Crippen molar-refractivity contribution in [1.29, 1.82) is 0 Å². The molecule has 0 radical (unpaired) electrons. The normalized spacial score (nSPS) is 10.5. The van der Waals surface area contributed by atoms with Gasteiger partial charge in [0.15, 0.2) is 0 Å². The lowest BCUT2D eigenvalue weighted by atomic mass is 9.80. The molecule has 3 N–H and O–H groups in total. The Balaban J connectivity index is 2.11. The Labute approximate surface area is 128 Å². The van der Waals surface area contributed by atoms with Crippen LogP contribution in [-0.4, -0.2) is 22.3 Å². The SMILES string of the molecule is Cc1cc(CO)cc(COc2ccc(B(O)O)cc2Cl)c1. The van der Waals surface area contributed by atoms with Crippen molar-refractivity contribution in [2.24, 2.45) is 0 Å². The number of aliphatic hydroxyl groups is 1. The summed E-state index contributed by atoms with van der Waals surface area (Å²) < 4.78 is 5.64. The molecule has 0 aliphatic heterocycles. The summed E-state index contributed by atoms with van der Waals surface area (Å²) in [4.78, 5) is 0. The van der Waals surface area contributed by atoms with Crippen LogP contribution in [0.2, 0.25) is 5.02 Å². The molecule has 2 rings (SSSR count). The predicted molar refractivity (Wildman–Crippen MR) is 82.7 cm³/mol. The molecule has 2 aromatic rings. The summed E-state index contributed by atoms with van der Waals surface area (Å²) in [6.07, 6.45) is 0. The van der Waals surface area contributed by atoms with E-state index in [2.05, 4.69) is 0 Å². The van der Waals surface area contributed by atoms with E-state index in [4.69, 9.17) is 26.4 Å². The van der Waals surface area contributed by atoms with E-state index in [-0.39, 0.29) is 6.61 Å². The first kappa shape index (κ1) is 15.9. The summed E-state index contributed by atoms with van der Waals surface area (Å²) in [6.45, 7) is 2.25. The number of aliphatic hydroxyl groups excluding tert-OH is 1. The second-order valence-electron chi connectivity index (χ2n) is 4.84. The van der Waals surface area contributed by atoms with Gasteiger partial charge in [-0.1, -0.05) is 41.4 Å². The van der Waals surface area contributed by atoms with Gasteiger partial charge in [0.2, 0.25) is 0 Å². The maximum Gasteiger partial charge on any atom is 0.488 e. The van der Waals surface area contributed by atoms with Gasteiger partial charge < -0.3 is 19.9 Å². The smallest absolute Gasteiger partial charge is 0.487 e. The molecule has 0 saturated carbocycles. The van der Waals surface area contributed by atoms with Gasteiger partial charge in [0, 0.05) is 0 Å². The number of ether oxygens (including phenoxy) is 1. The van der Waals surface area contributed by atoms with Crippen molar-refractivity contribution in [2.75, 3.05) is 0 Å². The van der Waals surface area contributed by atoms with Crippen LogP contribution >= 0.6 is 11.6 Å². The first-order chi connectivity index (χ1) is 9.99. The molecule has 0 saturated heterocycles. The van der Waals surface area contributed by atoms with Gasteiger partial charge in [0.25, 0.3) is 0 Å². The predicted octanol–water partition coefficient (Wildman–Crippen LogP) is 1.40. The molecule has 2 aromatic carbocycles. The van der Waals surface area contributed by atoms with Crippen molar-refractivity contribution >= 4 is 24.2 Å². The van der Waals surface area contributed by atoms with E-state index in [9.17, 15) is 5.11 Å². The third kappa shape index (κ3) is 4.22. The van der Waals surface area contributed by atoms with Gasteiger partial charge in [-0.25, -0.2) is 0 Å². The van der Waals surface area contributed by atoms with Crippen molar-refractivity contribution < 1.29 is 19.9 Å². The van der Waals surface area contributed by atoms with Crippen LogP contribution in [0.15, 0.2) is 36.4 Å². The summed E-state index contributed by atoms with van der Waals surface area (Å²) in [5.41, 5.74) is 3.12. The Kier molecular flexibility index (Phi) is 5.25. The zero-order valence-corrected chi connectivity index (χ0v) is 12.3. The van der Waals surface area contributed by atoms with Crippen molar-refractivity contribution in [3.8, 4) is 5.75 Å². The fourth-order valence-corrected chi connectivity index (χ4v) is 2.32. The summed E-state index contributed by atoms with van der Waals surface area (Å²) >= 11 is 6.04. The van der Waals surface area contributed by atoms with Crippen LogP contribution in [0.5, 0.6) is 5.75 Å². The molecule has 0 aromatic heterocycles.